The van der Waals surface area contributed by atoms with Crippen LogP contribution >= 0.6 is 0 Å². The number of phenolic OH excluding ortho intramolecular Hbond substituents is 1. The lowest BCUT2D eigenvalue weighted by molar-refractivity contribution is 0.472. The van der Waals surface area contributed by atoms with E-state index in [0.29, 0.717) is 0 Å². The highest BCUT2D eigenvalue weighted by atomic mass is 16.3. The van der Waals surface area contributed by atoms with Gasteiger partial charge in [0.15, 0.2) is 0 Å². The number of aromatic nitrogens is 1. The molecule has 1 aromatic carbocycles. The molecule has 0 saturated heterocycles. The molecule has 0 aliphatic heterocycles. The van der Waals surface area contributed by atoms with Crippen molar-refractivity contribution in [2.75, 3.05) is 0 Å². The fourth-order valence-electron chi connectivity index (χ4n) is 1.18. The molecule has 0 radical (unpaired) electrons. The van der Waals surface area contributed by atoms with E-state index in [1.54, 1.807) is 12.1 Å². The van der Waals surface area contributed by atoms with Crippen molar-refractivity contribution in [2.24, 2.45) is 0 Å². The Bertz CT molecular complexity index is 507. The maximum Gasteiger partial charge on any atom is 0.324 e. The molecular formula is C9H7NO3. The molecule has 0 bridgehead atoms. The Labute approximate surface area is 73.4 Å². The Kier molecular flexibility index (Phi) is 1.39. The Morgan fingerprint density at radius 2 is 1.85 bits per heavy atom. The molecule has 1 heterocycles. The number of aryl methyl sites for hydroxylation is 1. The Morgan fingerprint density at radius 3 is 2.31 bits per heavy atom. The molecule has 4 nitrogen and oxygen atoms in total. The Morgan fingerprint density at radius 1 is 1.23 bits per heavy atom. The average Bonchev–Trinajstić information content (AvgIpc) is 2.61. The van der Waals surface area contributed by atoms with Gasteiger partial charge in [0.2, 0.25) is 0 Å². The number of hydrogen-bond donors (Lipinski definition) is 1. The summed E-state index contributed by atoms with van der Waals surface area (Å²) < 4.78 is 0.939. The van der Waals surface area contributed by atoms with Gasteiger partial charge >= 0.3 is 11.1 Å². The summed E-state index contributed by atoms with van der Waals surface area (Å²) >= 11 is 0. The number of benzene rings is 1. The van der Waals surface area contributed by atoms with Gasteiger partial charge in [-0.2, -0.15) is 0 Å². The molecule has 0 atom stereocenters. The van der Waals surface area contributed by atoms with E-state index < -0.39 is 11.1 Å². The molecule has 0 unspecified atom stereocenters. The van der Waals surface area contributed by atoms with Gasteiger partial charge < -0.3 is 5.11 Å². The van der Waals surface area contributed by atoms with Gasteiger partial charge in [0.25, 0.3) is 0 Å². The highest BCUT2D eigenvalue weighted by Crippen LogP contribution is 2.20. The standard InChI is InChI=1S/C9H7NO3/c1-5-2-3-6(7(11)4-5)10-8(12)9(10)13/h2-4,11H,1H3. The van der Waals surface area contributed by atoms with Crippen LogP contribution in [0.3, 0.4) is 0 Å². The third-order valence-corrected chi connectivity index (χ3v) is 1.91. The largest absolute Gasteiger partial charge is 0.506 e. The van der Waals surface area contributed by atoms with Gasteiger partial charge in [-0.25, -0.2) is 4.57 Å². The van der Waals surface area contributed by atoms with E-state index >= 15 is 0 Å². The fraction of sp³-hybridized carbons (Fsp3) is 0.111. The maximum atomic E-state index is 10.7. The Balaban J connectivity index is 2.61. The fourth-order valence-corrected chi connectivity index (χ4v) is 1.18. The van der Waals surface area contributed by atoms with Crippen molar-refractivity contribution < 1.29 is 5.11 Å². The van der Waals surface area contributed by atoms with Crippen LogP contribution in [0.4, 0.5) is 0 Å². The lowest BCUT2D eigenvalue weighted by atomic mass is 10.2. The molecule has 0 spiro atoms. The second-order valence-electron chi connectivity index (χ2n) is 2.94. The first-order valence-electron chi connectivity index (χ1n) is 3.79. The molecule has 0 aliphatic carbocycles. The number of aromatic hydroxyl groups is 1. The number of nitrogens with zero attached hydrogens (tertiary/aromatic N) is 1. The summed E-state index contributed by atoms with van der Waals surface area (Å²) in [6, 6.07) is 4.79. The van der Waals surface area contributed by atoms with E-state index in [4.69, 9.17) is 0 Å². The van der Waals surface area contributed by atoms with Crippen LogP contribution in [0.1, 0.15) is 5.56 Å². The molecule has 1 N–H and O–H groups in total. The molecule has 0 fully saturated rings. The first-order chi connectivity index (χ1) is 6.11. The summed E-state index contributed by atoms with van der Waals surface area (Å²) in [5, 5.41) is 9.39. The van der Waals surface area contributed by atoms with Crippen molar-refractivity contribution in [3.63, 3.8) is 0 Å². The molecule has 1 aromatic heterocycles. The lowest BCUT2D eigenvalue weighted by Crippen LogP contribution is -1.92. The molecule has 4 heteroatoms. The van der Waals surface area contributed by atoms with Crippen LogP contribution in [0.2, 0.25) is 0 Å². The van der Waals surface area contributed by atoms with E-state index in [0.717, 1.165) is 10.1 Å². The second kappa shape index (κ2) is 2.32. The van der Waals surface area contributed by atoms with Crippen LogP contribution < -0.4 is 11.1 Å². The third kappa shape index (κ3) is 1.07. The van der Waals surface area contributed by atoms with Crippen LogP contribution in [0.25, 0.3) is 5.69 Å². The van der Waals surface area contributed by atoms with Crippen molar-refractivity contribution in [1.29, 1.82) is 0 Å². The van der Waals surface area contributed by atoms with Crippen LogP contribution in [0, 0.1) is 6.92 Å². The third-order valence-electron chi connectivity index (χ3n) is 1.91. The minimum Gasteiger partial charge on any atom is -0.506 e. The molecule has 0 aliphatic rings. The van der Waals surface area contributed by atoms with Crippen molar-refractivity contribution in [3.05, 3.63) is 44.5 Å². The van der Waals surface area contributed by atoms with E-state index in [9.17, 15) is 14.7 Å². The zero-order valence-electron chi connectivity index (χ0n) is 6.94. The first kappa shape index (κ1) is 7.79. The highest BCUT2D eigenvalue weighted by Gasteiger charge is 2.20. The summed E-state index contributed by atoms with van der Waals surface area (Å²) in [4.78, 5) is 21.4. The van der Waals surface area contributed by atoms with Gasteiger partial charge in [-0.15, -0.1) is 0 Å². The smallest absolute Gasteiger partial charge is 0.324 e. The van der Waals surface area contributed by atoms with E-state index in [1.807, 2.05) is 6.92 Å². The molecule has 2 rings (SSSR count). The van der Waals surface area contributed by atoms with Gasteiger partial charge in [-0.1, -0.05) is 6.07 Å². The average molecular weight is 177 g/mol. The van der Waals surface area contributed by atoms with Crippen molar-refractivity contribution >= 4 is 0 Å². The topological polar surface area (TPSA) is 59.3 Å². The number of phenols is 1. The van der Waals surface area contributed by atoms with E-state index in [-0.39, 0.29) is 11.4 Å². The highest BCUT2D eigenvalue weighted by molar-refractivity contribution is 5.49. The van der Waals surface area contributed by atoms with Gasteiger partial charge in [0.1, 0.15) is 5.75 Å². The molecule has 66 valence electrons. The second-order valence-corrected chi connectivity index (χ2v) is 2.94. The van der Waals surface area contributed by atoms with Crippen LogP contribution in [0.15, 0.2) is 27.8 Å². The number of rotatable bonds is 1. The van der Waals surface area contributed by atoms with E-state index in [1.165, 1.54) is 6.07 Å². The quantitative estimate of drug-likeness (QED) is 0.628. The predicted octanol–water partition coefficient (Wildman–Crippen LogP) is 0.0873. The summed E-state index contributed by atoms with van der Waals surface area (Å²) in [7, 11) is 0. The Hall–Kier alpha value is -1.84. The maximum absolute atomic E-state index is 10.7. The van der Waals surface area contributed by atoms with E-state index in [2.05, 4.69) is 0 Å². The molecular weight excluding hydrogens is 170 g/mol. The molecule has 0 amide bonds. The molecule has 0 saturated carbocycles. The monoisotopic (exact) mass is 177 g/mol. The van der Waals surface area contributed by atoms with Crippen molar-refractivity contribution in [3.8, 4) is 11.4 Å². The summed E-state index contributed by atoms with van der Waals surface area (Å²) in [5.41, 5.74) is 0.00176. The van der Waals surface area contributed by atoms with Gasteiger partial charge in [0.05, 0.1) is 5.69 Å². The summed E-state index contributed by atoms with van der Waals surface area (Å²) in [5.74, 6) is -0.0424. The van der Waals surface area contributed by atoms with Gasteiger partial charge in [-0.05, 0) is 24.6 Å². The zero-order valence-corrected chi connectivity index (χ0v) is 6.94. The van der Waals surface area contributed by atoms with Crippen LogP contribution in [-0.4, -0.2) is 9.67 Å². The minimum atomic E-state index is -0.570. The zero-order chi connectivity index (χ0) is 9.59. The normalized spacial score (nSPS) is 10.8. The molecule has 2 aromatic rings. The SMILES string of the molecule is Cc1ccc(-n2c(=O)c2=O)c(O)c1. The van der Waals surface area contributed by atoms with Crippen LogP contribution in [-0.2, 0) is 0 Å². The van der Waals surface area contributed by atoms with Crippen LogP contribution in [0.5, 0.6) is 5.75 Å². The minimum absolute atomic E-state index is 0.0424. The molecule has 13 heavy (non-hydrogen) atoms. The van der Waals surface area contributed by atoms with Crippen molar-refractivity contribution in [2.45, 2.75) is 6.92 Å². The lowest BCUT2D eigenvalue weighted by Gasteiger charge is -1.99. The van der Waals surface area contributed by atoms with Gasteiger partial charge in [-0.3, -0.25) is 9.59 Å². The predicted molar refractivity (Wildman–Crippen MR) is 47.1 cm³/mol. The van der Waals surface area contributed by atoms with Crippen molar-refractivity contribution in [1.82, 2.24) is 4.57 Å². The number of hydrogen-bond acceptors (Lipinski definition) is 3. The summed E-state index contributed by atoms with van der Waals surface area (Å²) in [6.45, 7) is 1.81. The van der Waals surface area contributed by atoms with Gasteiger partial charge in [0, 0.05) is 0 Å². The summed E-state index contributed by atoms with van der Waals surface area (Å²) in [6.07, 6.45) is 0. The first-order valence-corrected chi connectivity index (χ1v) is 3.79.